The van der Waals surface area contributed by atoms with Gasteiger partial charge in [-0.25, -0.2) is 10.3 Å². The number of carbonyl (C=O) groups is 2. The second-order valence-electron chi connectivity index (χ2n) is 5.55. The molecule has 1 unspecified atom stereocenters. The van der Waals surface area contributed by atoms with E-state index in [1.165, 1.54) is 0 Å². The predicted molar refractivity (Wildman–Crippen MR) is 80.6 cm³/mol. The van der Waals surface area contributed by atoms with E-state index in [4.69, 9.17) is 9.39 Å². The lowest BCUT2D eigenvalue weighted by atomic mass is 10.1. The number of hydrogen-bond donors (Lipinski definition) is 3. The van der Waals surface area contributed by atoms with Crippen LogP contribution in [0.15, 0.2) is 0 Å². The van der Waals surface area contributed by atoms with Crippen LogP contribution < -0.4 is 10.8 Å². The van der Waals surface area contributed by atoms with E-state index in [1.807, 2.05) is 0 Å². The highest BCUT2D eigenvalue weighted by atomic mass is 32.3. The van der Waals surface area contributed by atoms with E-state index >= 15 is 0 Å². The summed E-state index contributed by atoms with van der Waals surface area (Å²) < 4.78 is 34.3. The summed E-state index contributed by atoms with van der Waals surface area (Å²) >= 11 is 0. The van der Waals surface area contributed by atoms with Crippen molar-refractivity contribution in [2.24, 2.45) is 0 Å². The lowest BCUT2D eigenvalue weighted by Gasteiger charge is -2.38. The minimum atomic E-state index is -4.80. The predicted octanol–water partition coefficient (Wildman–Crippen LogP) is -0.963. The van der Waals surface area contributed by atoms with Crippen LogP contribution in [0.2, 0.25) is 0 Å². The van der Waals surface area contributed by atoms with Crippen LogP contribution in [0.25, 0.3) is 0 Å². The van der Waals surface area contributed by atoms with Crippen LogP contribution in [0.5, 0.6) is 0 Å². The Morgan fingerprint density at radius 1 is 1.46 bits per heavy atom. The fourth-order valence-corrected chi connectivity index (χ4v) is 3.12. The summed E-state index contributed by atoms with van der Waals surface area (Å²) in [6.45, 7) is 2.89. The van der Waals surface area contributed by atoms with Gasteiger partial charge in [0.1, 0.15) is 6.04 Å². The van der Waals surface area contributed by atoms with Gasteiger partial charge in [-0.15, -0.1) is 4.28 Å². The SMILES string of the molecule is CCN1C(=O)N(OS(=O)(=O)O)CC[C@H]1C(=O)NOCC1CCCN1. The number of rotatable bonds is 7. The smallest absolute Gasteiger partial charge is 0.312 e. The van der Waals surface area contributed by atoms with Gasteiger partial charge in [-0.2, -0.15) is 13.5 Å². The average molecular weight is 366 g/mol. The molecule has 2 rings (SSSR count). The maximum absolute atomic E-state index is 12.2. The molecule has 2 heterocycles. The van der Waals surface area contributed by atoms with Gasteiger partial charge in [0.2, 0.25) is 0 Å². The van der Waals surface area contributed by atoms with Crippen LogP contribution in [0.1, 0.15) is 26.2 Å². The number of amides is 3. The molecule has 2 fully saturated rings. The molecule has 0 aromatic heterocycles. The fraction of sp³-hybridized carbons (Fsp3) is 0.833. The Balaban J connectivity index is 1.87. The molecule has 0 saturated carbocycles. The molecule has 0 spiro atoms. The lowest BCUT2D eigenvalue weighted by Crippen LogP contribution is -2.59. The molecule has 138 valence electrons. The minimum Gasteiger partial charge on any atom is -0.312 e. The molecule has 0 bridgehead atoms. The van der Waals surface area contributed by atoms with Crippen LogP contribution in [0.3, 0.4) is 0 Å². The van der Waals surface area contributed by atoms with Gasteiger partial charge in [0, 0.05) is 12.6 Å². The molecule has 0 radical (unpaired) electrons. The summed E-state index contributed by atoms with van der Waals surface area (Å²) in [6.07, 6.45) is 2.17. The van der Waals surface area contributed by atoms with Crippen molar-refractivity contribution >= 4 is 22.3 Å². The lowest BCUT2D eigenvalue weighted by molar-refractivity contribution is -0.142. The molecule has 12 heteroatoms. The Labute approximate surface area is 140 Å². The van der Waals surface area contributed by atoms with Crippen molar-refractivity contribution in [1.82, 2.24) is 20.8 Å². The van der Waals surface area contributed by atoms with E-state index in [2.05, 4.69) is 15.1 Å². The topological polar surface area (TPSA) is 138 Å². The van der Waals surface area contributed by atoms with Crippen LogP contribution in [-0.2, 0) is 24.3 Å². The number of carbonyl (C=O) groups excluding carboxylic acids is 2. The number of likely N-dealkylation sites (N-methyl/N-ethyl adjacent to an activating group) is 1. The number of nitrogens with one attached hydrogen (secondary N) is 2. The Morgan fingerprint density at radius 2 is 2.21 bits per heavy atom. The first kappa shape index (κ1) is 18.9. The van der Waals surface area contributed by atoms with E-state index < -0.39 is 28.4 Å². The molecular formula is C12H22N4O7S. The van der Waals surface area contributed by atoms with Gasteiger partial charge < -0.3 is 10.2 Å². The van der Waals surface area contributed by atoms with Gasteiger partial charge in [0.05, 0.1) is 13.2 Å². The maximum Gasteiger partial charge on any atom is 0.418 e. The molecule has 2 saturated heterocycles. The number of hydrogen-bond acceptors (Lipinski definition) is 7. The summed E-state index contributed by atoms with van der Waals surface area (Å²) in [5.41, 5.74) is 2.33. The summed E-state index contributed by atoms with van der Waals surface area (Å²) in [4.78, 5) is 30.7. The molecule has 3 N–H and O–H groups in total. The van der Waals surface area contributed by atoms with Crippen LogP contribution in [0.4, 0.5) is 4.79 Å². The Morgan fingerprint density at radius 3 is 2.79 bits per heavy atom. The highest BCUT2D eigenvalue weighted by molar-refractivity contribution is 7.80. The zero-order valence-electron chi connectivity index (χ0n) is 13.3. The minimum absolute atomic E-state index is 0.131. The zero-order valence-corrected chi connectivity index (χ0v) is 14.1. The fourth-order valence-electron chi connectivity index (χ4n) is 2.76. The van der Waals surface area contributed by atoms with E-state index in [1.54, 1.807) is 6.92 Å². The van der Waals surface area contributed by atoms with E-state index in [9.17, 15) is 18.0 Å². The van der Waals surface area contributed by atoms with Gasteiger partial charge in [-0.05, 0) is 32.7 Å². The van der Waals surface area contributed by atoms with Gasteiger partial charge in [0.25, 0.3) is 5.91 Å². The van der Waals surface area contributed by atoms with E-state index in [0.717, 1.165) is 24.3 Å². The molecule has 0 aliphatic carbocycles. The Kier molecular flexibility index (Phi) is 6.34. The van der Waals surface area contributed by atoms with Gasteiger partial charge >= 0.3 is 16.4 Å². The second kappa shape index (κ2) is 8.07. The standard InChI is InChI=1S/C12H22N4O7S/c1-2-15-10(5-7-16(12(15)18)23-24(19,20)21)11(17)14-22-8-9-4-3-6-13-9/h9-10,13H,2-8H2,1H3,(H,14,17)(H,19,20,21)/t9?,10-/m0/s1. The monoisotopic (exact) mass is 366 g/mol. The van der Waals surface area contributed by atoms with Crippen molar-refractivity contribution < 1.29 is 31.7 Å². The molecule has 24 heavy (non-hydrogen) atoms. The first-order chi connectivity index (χ1) is 11.3. The van der Waals surface area contributed by atoms with E-state index in [-0.39, 0.29) is 25.6 Å². The number of hydroxylamine groups is 3. The molecule has 0 aromatic carbocycles. The van der Waals surface area contributed by atoms with Crippen molar-refractivity contribution in [3.63, 3.8) is 0 Å². The molecule has 11 nitrogen and oxygen atoms in total. The zero-order chi connectivity index (χ0) is 17.7. The Hall–Kier alpha value is -1.47. The summed E-state index contributed by atoms with van der Waals surface area (Å²) in [6, 6.07) is -1.43. The van der Waals surface area contributed by atoms with Crippen molar-refractivity contribution in [1.29, 1.82) is 0 Å². The quantitative estimate of drug-likeness (QED) is 0.387. The molecular weight excluding hydrogens is 344 g/mol. The van der Waals surface area contributed by atoms with Crippen molar-refractivity contribution in [3.8, 4) is 0 Å². The third kappa shape index (κ3) is 5.01. The van der Waals surface area contributed by atoms with Gasteiger partial charge in [-0.1, -0.05) is 0 Å². The van der Waals surface area contributed by atoms with Crippen LogP contribution in [0, 0.1) is 0 Å². The Bertz CT molecular complexity index is 564. The third-order valence-corrected chi connectivity index (χ3v) is 4.26. The van der Waals surface area contributed by atoms with E-state index in [0.29, 0.717) is 11.7 Å². The largest absolute Gasteiger partial charge is 0.418 e. The number of nitrogens with zero attached hydrogens (tertiary/aromatic N) is 2. The number of urea groups is 1. The third-order valence-electron chi connectivity index (χ3n) is 3.89. The summed E-state index contributed by atoms with van der Waals surface area (Å²) in [5, 5.41) is 3.73. The first-order valence-corrected chi connectivity index (χ1v) is 9.08. The van der Waals surface area contributed by atoms with Crippen molar-refractivity contribution in [2.45, 2.75) is 38.3 Å². The van der Waals surface area contributed by atoms with Gasteiger partial charge in [-0.3, -0.25) is 14.2 Å². The van der Waals surface area contributed by atoms with Crippen LogP contribution >= 0.6 is 0 Å². The normalized spacial score (nSPS) is 25.2. The molecule has 3 amide bonds. The molecule has 2 aliphatic rings. The highest BCUT2D eigenvalue weighted by Crippen LogP contribution is 2.18. The van der Waals surface area contributed by atoms with Gasteiger partial charge in [0.15, 0.2) is 0 Å². The molecule has 2 aliphatic heterocycles. The molecule has 0 aromatic rings. The summed E-state index contributed by atoms with van der Waals surface area (Å²) in [5.74, 6) is -0.491. The van der Waals surface area contributed by atoms with Crippen molar-refractivity contribution in [2.75, 3.05) is 26.2 Å². The first-order valence-electron chi connectivity index (χ1n) is 7.72. The van der Waals surface area contributed by atoms with Crippen LogP contribution in [-0.4, -0.2) is 73.2 Å². The second-order valence-corrected chi connectivity index (χ2v) is 6.55. The highest BCUT2D eigenvalue weighted by Gasteiger charge is 2.39. The average Bonchev–Trinajstić information content (AvgIpc) is 3.01. The summed E-state index contributed by atoms with van der Waals surface area (Å²) in [7, 11) is -4.80. The maximum atomic E-state index is 12.2. The van der Waals surface area contributed by atoms with Crippen molar-refractivity contribution in [3.05, 3.63) is 0 Å². The molecule has 2 atom stereocenters.